The molecule has 1 aromatic rings. The molecular weight excluding hydrogens is 234 g/mol. The Labute approximate surface area is 117 Å². The van der Waals surface area contributed by atoms with Gasteiger partial charge in [-0.25, -0.2) is 0 Å². The number of hydrogen-bond acceptors (Lipinski definition) is 3. The summed E-state index contributed by atoms with van der Waals surface area (Å²) in [5.41, 5.74) is 8.50. The van der Waals surface area contributed by atoms with Crippen molar-refractivity contribution < 1.29 is 0 Å². The maximum Gasteiger partial charge on any atom is 0.0399 e. The van der Waals surface area contributed by atoms with Crippen LogP contribution in [0.3, 0.4) is 0 Å². The second-order valence-electron chi connectivity index (χ2n) is 5.28. The quantitative estimate of drug-likeness (QED) is 0.851. The highest BCUT2D eigenvalue weighted by atomic mass is 15.2. The molecule has 106 valence electrons. The molecule has 0 radical (unpaired) electrons. The lowest BCUT2D eigenvalue weighted by molar-refractivity contribution is 0.232. The van der Waals surface area contributed by atoms with Crippen LogP contribution in [0.15, 0.2) is 24.3 Å². The van der Waals surface area contributed by atoms with Gasteiger partial charge in [-0.1, -0.05) is 32.0 Å². The van der Waals surface area contributed by atoms with E-state index in [1.54, 1.807) is 0 Å². The summed E-state index contributed by atoms with van der Waals surface area (Å²) in [6.07, 6.45) is 2.25. The lowest BCUT2D eigenvalue weighted by atomic mass is 10.1. The molecule has 2 rings (SSSR count). The highest BCUT2D eigenvalue weighted by molar-refractivity contribution is 5.54. The first-order valence-corrected chi connectivity index (χ1v) is 7.57. The minimum absolute atomic E-state index is 0.709. The molecular formula is C16H27N3. The zero-order valence-corrected chi connectivity index (χ0v) is 12.3. The summed E-state index contributed by atoms with van der Waals surface area (Å²) in [7, 11) is 0. The van der Waals surface area contributed by atoms with Crippen LogP contribution < -0.4 is 10.6 Å². The van der Waals surface area contributed by atoms with E-state index in [2.05, 4.69) is 47.9 Å². The summed E-state index contributed by atoms with van der Waals surface area (Å²) in [5.74, 6) is 0. The molecule has 1 aromatic carbocycles. The predicted octanol–water partition coefficient (Wildman–Crippen LogP) is 2.11. The van der Waals surface area contributed by atoms with Crippen LogP contribution in [-0.2, 0) is 6.42 Å². The molecule has 0 spiro atoms. The summed E-state index contributed by atoms with van der Waals surface area (Å²) < 4.78 is 0. The van der Waals surface area contributed by atoms with Crippen LogP contribution in [0, 0.1) is 0 Å². The van der Waals surface area contributed by atoms with Gasteiger partial charge < -0.3 is 10.6 Å². The molecule has 0 bridgehead atoms. The zero-order valence-electron chi connectivity index (χ0n) is 12.3. The second-order valence-corrected chi connectivity index (χ2v) is 5.28. The van der Waals surface area contributed by atoms with E-state index in [4.69, 9.17) is 5.73 Å². The third-order valence-corrected chi connectivity index (χ3v) is 4.24. The Morgan fingerprint density at radius 1 is 1.26 bits per heavy atom. The number of likely N-dealkylation sites (N-methyl/N-ethyl adjacent to an activating group) is 1. The summed E-state index contributed by atoms with van der Waals surface area (Å²) >= 11 is 0. The van der Waals surface area contributed by atoms with E-state index in [0.717, 1.165) is 32.6 Å². The van der Waals surface area contributed by atoms with Gasteiger partial charge in [0.05, 0.1) is 0 Å². The van der Waals surface area contributed by atoms with Crippen LogP contribution in [0.2, 0.25) is 0 Å². The fraction of sp³-hybridized carbons (Fsp3) is 0.625. The molecule has 2 N–H and O–H groups in total. The highest BCUT2D eigenvalue weighted by Gasteiger charge is 2.27. The second kappa shape index (κ2) is 6.92. The number of anilines is 1. The van der Waals surface area contributed by atoms with E-state index in [-0.39, 0.29) is 0 Å². The minimum Gasteiger partial charge on any atom is -0.370 e. The molecule has 1 atom stereocenters. The first-order chi connectivity index (χ1) is 9.30. The topological polar surface area (TPSA) is 32.5 Å². The van der Waals surface area contributed by atoms with E-state index < -0.39 is 0 Å². The van der Waals surface area contributed by atoms with Crippen molar-refractivity contribution in [3.05, 3.63) is 29.8 Å². The highest BCUT2D eigenvalue weighted by Crippen LogP contribution is 2.26. The van der Waals surface area contributed by atoms with Crippen LogP contribution >= 0.6 is 0 Å². The van der Waals surface area contributed by atoms with Crippen molar-refractivity contribution in [1.82, 2.24) is 4.90 Å². The average Bonchev–Trinajstić information content (AvgIpc) is 2.91. The number of benzene rings is 1. The molecule has 0 aliphatic carbocycles. The summed E-state index contributed by atoms with van der Waals surface area (Å²) in [5, 5.41) is 0. The molecule has 0 aromatic heterocycles. The first-order valence-electron chi connectivity index (χ1n) is 7.57. The van der Waals surface area contributed by atoms with Crippen LogP contribution in [0.1, 0.15) is 25.8 Å². The molecule has 3 heteroatoms. The Bertz CT molecular complexity index is 387. The normalized spacial score (nSPS) is 19.4. The SMILES string of the molecule is CCN(CC)C1CCN(c2ccccc2CCN)C1. The Hall–Kier alpha value is -1.06. The first kappa shape index (κ1) is 14.4. The number of para-hydroxylation sites is 1. The smallest absolute Gasteiger partial charge is 0.0399 e. The average molecular weight is 261 g/mol. The molecule has 3 nitrogen and oxygen atoms in total. The Balaban J connectivity index is 2.08. The van der Waals surface area contributed by atoms with Crippen LogP contribution in [0.25, 0.3) is 0 Å². The number of nitrogens with two attached hydrogens (primary N) is 1. The van der Waals surface area contributed by atoms with Crippen molar-refractivity contribution in [1.29, 1.82) is 0 Å². The number of rotatable bonds is 6. The van der Waals surface area contributed by atoms with Crippen molar-refractivity contribution in [2.45, 2.75) is 32.7 Å². The van der Waals surface area contributed by atoms with Gasteiger partial charge in [-0.05, 0) is 44.1 Å². The van der Waals surface area contributed by atoms with Crippen LogP contribution in [0.4, 0.5) is 5.69 Å². The molecule has 1 aliphatic rings. The van der Waals surface area contributed by atoms with E-state index in [9.17, 15) is 0 Å². The van der Waals surface area contributed by atoms with E-state index >= 15 is 0 Å². The number of hydrogen-bond donors (Lipinski definition) is 1. The Morgan fingerprint density at radius 3 is 2.68 bits per heavy atom. The molecule has 0 saturated carbocycles. The van der Waals surface area contributed by atoms with Gasteiger partial charge in [0.25, 0.3) is 0 Å². The summed E-state index contributed by atoms with van der Waals surface area (Å²) in [6.45, 7) is 9.87. The van der Waals surface area contributed by atoms with Crippen molar-refractivity contribution >= 4 is 5.69 Å². The van der Waals surface area contributed by atoms with Crippen molar-refractivity contribution in [3.8, 4) is 0 Å². The molecule has 19 heavy (non-hydrogen) atoms. The minimum atomic E-state index is 0.709. The zero-order chi connectivity index (χ0) is 13.7. The fourth-order valence-electron chi connectivity index (χ4n) is 3.18. The van der Waals surface area contributed by atoms with Crippen LogP contribution in [0.5, 0.6) is 0 Å². The van der Waals surface area contributed by atoms with Gasteiger partial charge in [-0.2, -0.15) is 0 Å². The fourth-order valence-corrected chi connectivity index (χ4v) is 3.18. The molecule has 1 fully saturated rings. The van der Waals surface area contributed by atoms with E-state index in [0.29, 0.717) is 6.04 Å². The van der Waals surface area contributed by atoms with Crippen molar-refractivity contribution in [2.24, 2.45) is 5.73 Å². The maximum absolute atomic E-state index is 5.72. The Kier molecular flexibility index (Phi) is 5.23. The maximum atomic E-state index is 5.72. The van der Waals surface area contributed by atoms with Gasteiger partial charge >= 0.3 is 0 Å². The largest absolute Gasteiger partial charge is 0.370 e. The Morgan fingerprint density at radius 2 is 2.00 bits per heavy atom. The van der Waals surface area contributed by atoms with Crippen LogP contribution in [-0.4, -0.2) is 43.7 Å². The molecule has 1 heterocycles. The van der Waals surface area contributed by atoms with Crippen molar-refractivity contribution in [3.63, 3.8) is 0 Å². The van der Waals surface area contributed by atoms with E-state index in [1.165, 1.54) is 24.2 Å². The monoisotopic (exact) mass is 261 g/mol. The van der Waals surface area contributed by atoms with Gasteiger partial charge in [-0.15, -0.1) is 0 Å². The number of nitrogens with zero attached hydrogens (tertiary/aromatic N) is 2. The lowest BCUT2D eigenvalue weighted by Gasteiger charge is -2.27. The lowest BCUT2D eigenvalue weighted by Crippen LogP contribution is -2.37. The summed E-state index contributed by atoms with van der Waals surface area (Å²) in [4.78, 5) is 5.11. The third kappa shape index (κ3) is 3.28. The van der Waals surface area contributed by atoms with Gasteiger partial charge in [0.15, 0.2) is 0 Å². The molecule has 1 aliphatic heterocycles. The van der Waals surface area contributed by atoms with Gasteiger partial charge in [0.1, 0.15) is 0 Å². The third-order valence-electron chi connectivity index (χ3n) is 4.24. The van der Waals surface area contributed by atoms with E-state index in [1.807, 2.05) is 0 Å². The van der Waals surface area contributed by atoms with Gasteiger partial charge in [-0.3, -0.25) is 4.90 Å². The van der Waals surface area contributed by atoms with Gasteiger partial charge in [0, 0.05) is 24.8 Å². The molecule has 1 unspecified atom stereocenters. The summed E-state index contributed by atoms with van der Waals surface area (Å²) in [6, 6.07) is 9.43. The molecule has 1 saturated heterocycles. The van der Waals surface area contributed by atoms with Gasteiger partial charge in [0.2, 0.25) is 0 Å². The molecule has 0 amide bonds. The standard InChI is InChI=1S/C16H27N3/c1-3-18(4-2)15-10-12-19(13-15)16-8-6-5-7-14(16)9-11-17/h5-8,15H,3-4,9-13,17H2,1-2H3. The van der Waals surface area contributed by atoms with Crippen molar-refractivity contribution in [2.75, 3.05) is 37.6 Å². The predicted molar refractivity (Wildman–Crippen MR) is 82.7 cm³/mol.